The number of halogens is 2. The minimum absolute atomic E-state index is 0.194. The zero-order chi connectivity index (χ0) is 20.9. The number of thiazole rings is 1. The quantitative estimate of drug-likeness (QED) is 0.733. The molecule has 158 valence electrons. The number of urea groups is 1. The number of piperidine rings is 1. The molecule has 0 radical (unpaired) electrons. The van der Waals surface area contributed by atoms with Crippen LogP contribution < -0.4 is 10.6 Å². The Balaban J connectivity index is 1.34. The molecule has 1 fully saturated rings. The lowest BCUT2D eigenvalue weighted by Crippen LogP contribution is -2.36. The van der Waals surface area contributed by atoms with Gasteiger partial charge in [-0.25, -0.2) is 23.6 Å². The van der Waals surface area contributed by atoms with Gasteiger partial charge in [-0.15, -0.1) is 11.3 Å². The molecular formula is C21H23F2N5OS. The number of carbonyl (C=O) groups is 1. The normalized spacial score (nSPS) is 17.3. The SMILES string of the molecule is O=C(NC1=NC(CN2CCCCC2)=CCC1)Nc1csc(-c2ccc(F)cc2F)n1. The van der Waals surface area contributed by atoms with Crippen molar-refractivity contribution in [2.24, 2.45) is 4.99 Å². The molecule has 1 aromatic heterocycles. The Bertz CT molecular complexity index is 982. The van der Waals surface area contributed by atoms with Crippen molar-refractivity contribution < 1.29 is 13.6 Å². The second kappa shape index (κ2) is 9.44. The van der Waals surface area contributed by atoms with Gasteiger partial charge in [0.15, 0.2) is 0 Å². The molecule has 1 aromatic carbocycles. The summed E-state index contributed by atoms with van der Waals surface area (Å²) < 4.78 is 27.0. The predicted octanol–water partition coefficient (Wildman–Crippen LogP) is 4.77. The highest BCUT2D eigenvalue weighted by atomic mass is 32.1. The van der Waals surface area contributed by atoms with Crippen LogP contribution >= 0.6 is 11.3 Å². The van der Waals surface area contributed by atoms with Crippen LogP contribution in [0.4, 0.5) is 19.4 Å². The highest BCUT2D eigenvalue weighted by molar-refractivity contribution is 7.13. The van der Waals surface area contributed by atoms with Crippen LogP contribution in [0.5, 0.6) is 0 Å². The van der Waals surface area contributed by atoms with E-state index in [-0.39, 0.29) is 5.56 Å². The number of hydrogen-bond donors (Lipinski definition) is 2. The summed E-state index contributed by atoms with van der Waals surface area (Å²) in [7, 11) is 0. The molecule has 0 aliphatic carbocycles. The third-order valence-corrected chi connectivity index (χ3v) is 5.91. The number of nitrogens with one attached hydrogen (secondary N) is 2. The van der Waals surface area contributed by atoms with Crippen LogP contribution in [0.2, 0.25) is 0 Å². The van der Waals surface area contributed by atoms with Gasteiger partial charge in [-0.2, -0.15) is 0 Å². The molecule has 6 nitrogen and oxygen atoms in total. The van der Waals surface area contributed by atoms with Gasteiger partial charge in [0.1, 0.15) is 28.3 Å². The van der Waals surface area contributed by atoms with Crippen molar-refractivity contribution in [1.29, 1.82) is 0 Å². The molecule has 0 saturated carbocycles. The number of amides is 2. The van der Waals surface area contributed by atoms with Gasteiger partial charge in [-0.05, 0) is 44.5 Å². The van der Waals surface area contributed by atoms with Crippen LogP contribution in [0.3, 0.4) is 0 Å². The molecule has 2 amide bonds. The number of nitrogens with zero attached hydrogens (tertiary/aromatic N) is 3. The fourth-order valence-corrected chi connectivity index (χ4v) is 4.36. The predicted molar refractivity (Wildman–Crippen MR) is 115 cm³/mol. The van der Waals surface area contributed by atoms with Crippen LogP contribution in [-0.2, 0) is 0 Å². The lowest BCUT2D eigenvalue weighted by atomic mass is 10.1. The average molecular weight is 432 g/mol. The van der Waals surface area contributed by atoms with E-state index in [9.17, 15) is 13.6 Å². The number of aromatic nitrogens is 1. The number of hydrogen-bond acceptors (Lipinski definition) is 5. The van der Waals surface area contributed by atoms with E-state index in [1.165, 1.54) is 42.7 Å². The Morgan fingerprint density at radius 1 is 1.17 bits per heavy atom. The number of allylic oxidation sites excluding steroid dienone is 1. The third kappa shape index (κ3) is 5.28. The highest BCUT2D eigenvalue weighted by Crippen LogP contribution is 2.28. The van der Waals surface area contributed by atoms with Crippen molar-refractivity contribution in [3.05, 3.63) is 47.0 Å². The zero-order valence-electron chi connectivity index (χ0n) is 16.5. The average Bonchev–Trinajstić information content (AvgIpc) is 3.17. The van der Waals surface area contributed by atoms with E-state index >= 15 is 0 Å². The lowest BCUT2D eigenvalue weighted by molar-refractivity contribution is 0.245. The van der Waals surface area contributed by atoms with Crippen LogP contribution in [-0.4, -0.2) is 41.4 Å². The van der Waals surface area contributed by atoms with Crippen molar-refractivity contribution in [1.82, 2.24) is 15.2 Å². The first-order chi connectivity index (χ1) is 14.6. The number of aliphatic imine (C=N–C) groups is 1. The first-order valence-corrected chi connectivity index (χ1v) is 10.9. The first-order valence-electron chi connectivity index (χ1n) is 10.0. The molecule has 0 spiro atoms. The van der Waals surface area contributed by atoms with Gasteiger partial charge in [0.2, 0.25) is 0 Å². The highest BCUT2D eigenvalue weighted by Gasteiger charge is 2.16. The summed E-state index contributed by atoms with van der Waals surface area (Å²) in [5, 5.41) is 7.41. The molecular weight excluding hydrogens is 408 g/mol. The molecule has 1 saturated heterocycles. The molecule has 30 heavy (non-hydrogen) atoms. The van der Waals surface area contributed by atoms with Crippen molar-refractivity contribution in [2.45, 2.75) is 32.1 Å². The van der Waals surface area contributed by atoms with Gasteiger partial charge in [0, 0.05) is 30.0 Å². The molecule has 2 aliphatic rings. The van der Waals surface area contributed by atoms with E-state index in [4.69, 9.17) is 0 Å². The number of rotatable bonds is 4. The van der Waals surface area contributed by atoms with Crippen LogP contribution in [0.25, 0.3) is 10.6 Å². The Kier molecular flexibility index (Phi) is 6.49. The second-order valence-electron chi connectivity index (χ2n) is 7.37. The Hall–Kier alpha value is -2.65. The van der Waals surface area contributed by atoms with Gasteiger partial charge in [0.25, 0.3) is 0 Å². The van der Waals surface area contributed by atoms with Gasteiger partial charge in [-0.1, -0.05) is 12.5 Å². The van der Waals surface area contributed by atoms with E-state index in [1.54, 1.807) is 5.38 Å². The number of carbonyl (C=O) groups excluding carboxylic acids is 1. The second-order valence-corrected chi connectivity index (χ2v) is 8.23. The van der Waals surface area contributed by atoms with Crippen LogP contribution in [0.15, 0.2) is 40.3 Å². The minimum atomic E-state index is -0.690. The molecule has 3 heterocycles. The summed E-state index contributed by atoms with van der Waals surface area (Å²) in [5.74, 6) is -0.406. The van der Waals surface area contributed by atoms with Gasteiger partial charge >= 0.3 is 6.03 Å². The standard InChI is InChI=1S/C21H23F2N5OS/c22-14-7-8-16(17(23)11-14)20-25-19(13-30-20)27-21(29)26-18-6-4-5-15(24-18)12-28-9-2-1-3-10-28/h5,7-8,11,13H,1-4,6,9-10,12H2,(H2,24,26,27,29). The largest absolute Gasteiger partial charge is 0.325 e. The summed E-state index contributed by atoms with van der Waals surface area (Å²) in [4.78, 5) is 23.6. The maximum absolute atomic E-state index is 13.9. The van der Waals surface area contributed by atoms with Crippen molar-refractivity contribution in [3.63, 3.8) is 0 Å². The summed E-state index contributed by atoms with van der Waals surface area (Å²) in [6.07, 6.45) is 7.37. The van der Waals surface area contributed by atoms with Gasteiger partial charge < -0.3 is 0 Å². The molecule has 2 aliphatic heterocycles. The molecule has 0 atom stereocenters. The first kappa shape index (κ1) is 20.6. The zero-order valence-corrected chi connectivity index (χ0v) is 17.3. The number of benzene rings is 1. The molecule has 0 unspecified atom stereocenters. The third-order valence-electron chi connectivity index (χ3n) is 5.04. The van der Waals surface area contributed by atoms with E-state index in [2.05, 4.69) is 31.6 Å². The molecule has 0 bridgehead atoms. The Morgan fingerprint density at radius 2 is 2.00 bits per heavy atom. The summed E-state index contributed by atoms with van der Waals surface area (Å²) in [6.45, 7) is 3.00. The Morgan fingerprint density at radius 3 is 2.80 bits per heavy atom. The monoisotopic (exact) mass is 431 g/mol. The van der Waals surface area contributed by atoms with E-state index in [0.29, 0.717) is 23.1 Å². The van der Waals surface area contributed by atoms with Crippen molar-refractivity contribution in [2.75, 3.05) is 25.0 Å². The summed E-state index contributed by atoms with van der Waals surface area (Å²) in [5.41, 5.74) is 1.18. The fraction of sp³-hybridized carbons (Fsp3) is 0.381. The number of anilines is 1. The molecule has 2 aromatic rings. The van der Waals surface area contributed by atoms with Crippen LogP contribution in [0.1, 0.15) is 32.1 Å². The van der Waals surface area contributed by atoms with E-state index < -0.39 is 17.7 Å². The van der Waals surface area contributed by atoms with E-state index in [1.807, 2.05) is 0 Å². The molecule has 2 N–H and O–H groups in total. The van der Waals surface area contributed by atoms with Gasteiger partial charge in [0.05, 0.1) is 5.70 Å². The van der Waals surface area contributed by atoms with E-state index in [0.717, 1.165) is 37.8 Å². The number of likely N-dealkylation sites (tertiary alicyclic amines) is 1. The minimum Gasteiger partial charge on any atom is -0.298 e. The van der Waals surface area contributed by atoms with Crippen LogP contribution in [0, 0.1) is 11.6 Å². The topological polar surface area (TPSA) is 69.6 Å². The maximum Gasteiger partial charge on any atom is 0.325 e. The summed E-state index contributed by atoms with van der Waals surface area (Å²) in [6, 6.07) is 2.88. The summed E-state index contributed by atoms with van der Waals surface area (Å²) >= 11 is 1.17. The van der Waals surface area contributed by atoms with Crippen molar-refractivity contribution >= 4 is 29.0 Å². The lowest BCUT2D eigenvalue weighted by Gasteiger charge is -2.27. The molecule has 4 rings (SSSR count). The van der Waals surface area contributed by atoms with Crippen molar-refractivity contribution in [3.8, 4) is 10.6 Å². The Labute approximate surface area is 177 Å². The fourth-order valence-electron chi connectivity index (χ4n) is 3.58. The number of amidine groups is 1. The van der Waals surface area contributed by atoms with Gasteiger partial charge in [-0.3, -0.25) is 15.5 Å². The molecule has 9 heteroatoms. The smallest absolute Gasteiger partial charge is 0.298 e. The maximum atomic E-state index is 13.9.